The maximum absolute atomic E-state index is 6.66. The molecule has 0 fully saturated rings. The summed E-state index contributed by atoms with van der Waals surface area (Å²) in [6, 6.07) is 72.4. The first kappa shape index (κ1) is 148. The fourth-order valence-corrected chi connectivity index (χ4v) is 6.05. The molecular weight excluding hydrogens is 2040 g/mol. The van der Waals surface area contributed by atoms with Crippen LogP contribution in [-0.4, -0.2) is 19.9 Å². The predicted octanol–water partition coefficient (Wildman–Crippen LogP) is 28.2. The second-order valence-electron chi connectivity index (χ2n) is 12.2. The van der Waals surface area contributed by atoms with Gasteiger partial charge in [-0.3, -0.25) is 4.98 Å². The molecule has 12 heteroatoms. The number of pyridine rings is 4. The monoisotopic (exact) mass is 2170 g/mol. The molecule has 0 aliphatic heterocycles. The molecule has 0 unspecified atom stereocenters. The molecule has 6 nitrogen and oxygen atoms in total. The van der Waals surface area contributed by atoms with Crippen molar-refractivity contribution >= 4 is 38.7 Å². The number of hydrogen-bond donors (Lipinski definition) is 1. The molecule has 0 saturated heterocycles. The van der Waals surface area contributed by atoms with Gasteiger partial charge in [0.05, 0.1) is 0 Å². The van der Waals surface area contributed by atoms with Gasteiger partial charge in [0.15, 0.2) is 0 Å². The average Bonchev–Trinajstić information content (AvgIpc) is 2.65. The number of fused-ring (bicyclic) bond motifs is 3. The minimum atomic E-state index is 0. The first-order chi connectivity index (χ1) is 36.8. The predicted molar refractivity (Wildman–Crippen MR) is 415 cm³/mol. The summed E-state index contributed by atoms with van der Waals surface area (Å²) in [5.74, 6) is 6.66. The molecule has 542 valence electrons. The standard InChI is InChI=1S/C13H8N.C12H10N.C11H8N.C9H6NS.C6H6N2.8C2H6.8CH4.5CH3.5Ir/c1-2-6-12-10(4-1)7-8-11-5-3-9-14-13(11)12;1-2-6-11(7-3-1)10-12-8-4-5-9-13-12;1-2-6-10(7-3-1)11-8-4-5-9-12-11;1-2-6-10-8(4-1)9-5-3-7-11-9;7-8-6-4-2-1-3-5-6;8*1-2;;;;;;;;;;;;;;;;;;/h1-5,7-9H;1-6,8-9H,10H2;1-6,8-9H;1-4,6-7H;1-4,7-8H;8*1-2H3;8*1H4;5*1H3;;;;;/q4*-1;-2;;;;;;;;;;;;;;;;;5*-1;;;;;+3. The topological polar surface area (TPSA) is 87.4 Å². The Morgan fingerprint density at radius 3 is 1.17 bits per heavy atom. The van der Waals surface area contributed by atoms with Crippen LogP contribution in [-0.2, 0) is 107 Å². The third-order valence-corrected chi connectivity index (χ3v) is 8.97. The fourth-order valence-electron chi connectivity index (χ4n) is 5.40. The van der Waals surface area contributed by atoms with Gasteiger partial charge in [-0.2, -0.15) is 72.3 Å². The van der Waals surface area contributed by atoms with E-state index in [2.05, 4.69) is 86.0 Å². The summed E-state index contributed by atoms with van der Waals surface area (Å²) in [7, 11) is 0. The van der Waals surface area contributed by atoms with E-state index < -0.39 is 0 Å². The number of aromatic nitrogens is 4. The molecule has 0 saturated carbocycles. The van der Waals surface area contributed by atoms with Gasteiger partial charge in [0.25, 0.3) is 0 Å². The van der Waals surface area contributed by atoms with E-state index in [1.165, 1.54) is 16.3 Å². The molecule has 10 aromatic rings. The SMILES string of the molecule is C.C.C.C.C.C.C.C.CC.CC.CC.CC.CC.CC.CC.CC.[CH3-].[CH3-].[CH3-].[CH3-].[CH3-].[Ir+3].[Ir].[Ir].[Ir].[Ir].[NH-]Nc1[c-]cccc1.[c-]1cccc2ccc3cccnc3c12.[c-]1ccccc1-c1ccccn1.[c-]1ccccc1Cc1ccccn1.[c-]1ccsc1-c1ccccn1. The van der Waals surface area contributed by atoms with E-state index in [9.17, 15) is 0 Å². The van der Waals surface area contributed by atoms with Gasteiger partial charge >= 0.3 is 20.1 Å². The first-order valence-corrected chi connectivity index (χ1v) is 27.3. The number of nitrogens with zero attached hydrogens (tertiary/aromatic N) is 4. The van der Waals surface area contributed by atoms with Crippen LogP contribution < -0.4 is 5.43 Å². The molecule has 0 aliphatic carbocycles. The van der Waals surface area contributed by atoms with E-state index in [0.717, 1.165) is 44.8 Å². The molecule has 4 radical (unpaired) electrons. The average molecular weight is 2170 g/mol. The third-order valence-electron chi connectivity index (χ3n) is 8.14. The molecule has 0 spiro atoms. The molecule has 10 rings (SSSR count). The van der Waals surface area contributed by atoms with E-state index in [-0.39, 0.29) is 197 Å². The summed E-state index contributed by atoms with van der Waals surface area (Å²) < 4.78 is 0. The Bertz CT molecular complexity index is 2500. The van der Waals surface area contributed by atoms with Gasteiger partial charge in [0.1, 0.15) is 0 Å². The number of nitrogens with one attached hydrogen (secondary N) is 2. The summed E-state index contributed by atoms with van der Waals surface area (Å²) in [4.78, 5) is 18.2. The van der Waals surface area contributed by atoms with Crippen molar-refractivity contribution in [3.05, 3.63) is 291 Å². The Balaban J connectivity index is -0.0000000328. The number of benzene rings is 5. The third kappa shape index (κ3) is 67.4. The molecule has 5 aromatic carbocycles. The Morgan fingerprint density at radius 2 is 0.783 bits per heavy atom. The van der Waals surface area contributed by atoms with Gasteiger partial charge in [-0.25, -0.2) is 11.3 Å². The molecule has 2 N–H and O–H groups in total. The number of para-hydroxylation sites is 1. The van der Waals surface area contributed by atoms with Gasteiger partial charge in [-0.05, 0) is 59.0 Å². The van der Waals surface area contributed by atoms with Crippen molar-refractivity contribution in [3.63, 3.8) is 0 Å². The van der Waals surface area contributed by atoms with Crippen LogP contribution in [0.4, 0.5) is 5.69 Å². The summed E-state index contributed by atoms with van der Waals surface area (Å²) in [6.07, 6.45) is 8.08. The summed E-state index contributed by atoms with van der Waals surface area (Å²) >= 11 is 1.66. The van der Waals surface area contributed by atoms with Crippen LogP contribution in [0.1, 0.15) is 181 Å². The maximum atomic E-state index is 6.66. The van der Waals surface area contributed by atoms with Crippen LogP contribution in [0.3, 0.4) is 0 Å². The van der Waals surface area contributed by atoms with E-state index in [1.54, 1.807) is 35.9 Å². The van der Waals surface area contributed by atoms with Crippen molar-refractivity contribution < 1.29 is 101 Å². The van der Waals surface area contributed by atoms with Crippen molar-refractivity contribution in [1.82, 2.24) is 19.9 Å². The number of anilines is 1. The molecule has 5 aromatic heterocycles. The minimum absolute atomic E-state index is 0. The van der Waals surface area contributed by atoms with Crippen LogP contribution in [0.15, 0.2) is 206 Å². The Morgan fingerprint density at radius 1 is 0.370 bits per heavy atom. The van der Waals surface area contributed by atoms with E-state index >= 15 is 0 Å². The summed E-state index contributed by atoms with van der Waals surface area (Å²) in [5, 5.41) is 5.47. The molecular formula is C80H133Ir5N6S-8. The van der Waals surface area contributed by atoms with E-state index in [1.807, 2.05) is 262 Å². The Kier molecular flexibility index (Phi) is 184. The number of thiophene rings is 1. The minimum Gasteiger partial charge on any atom is -0.588 e. The van der Waals surface area contributed by atoms with Crippen LogP contribution in [0.2, 0.25) is 0 Å². The molecule has 0 aliphatic rings. The van der Waals surface area contributed by atoms with E-state index in [0.29, 0.717) is 5.69 Å². The molecule has 0 atom stereocenters. The van der Waals surface area contributed by atoms with Crippen LogP contribution in [0.5, 0.6) is 0 Å². The molecule has 5 heterocycles. The van der Waals surface area contributed by atoms with Gasteiger partial charge in [0.2, 0.25) is 0 Å². The van der Waals surface area contributed by atoms with Crippen LogP contribution >= 0.6 is 11.3 Å². The zero-order valence-corrected chi connectivity index (χ0v) is 67.0. The van der Waals surface area contributed by atoms with Gasteiger partial charge in [-0.1, -0.05) is 224 Å². The fraction of sp³-hybridized carbons (Fsp3) is 0.312. The van der Waals surface area contributed by atoms with E-state index in [4.69, 9.17) is 5.84 Å². The zero-order chi connectivity index (χ0) is 55.9. The maximum Gasteiger partial charge on any atom is 3.00 e. The van der Waals surface area contributed by atoms with Crippen LogP contribution in [0.25, 0.3) is 49.3 Å². The first-order valence-electron chi connectivity index (χ1n) is 26.4. The van der Waals surface area contributed by atoms with Crippen molar-refractivity contribution in [2.45, 2.75) is 177 Å². The number of hydrogen-bond acceptors (Lipinski definition) is 6. The van der Waals surface area contributed by atoms with Crippen molar-refractivity contribution in [1.29, 1.82) is 0 Å². The quantitative estimate of drug-likeness (QED) is 0.105. The summed E-state index contributed by atoms with van der Waals surface area (Å²) in [5.41, 5.74) is 9.24. The number of rotatable bonds is 5. The van der Waals surface area contributed by atoms with Gasteiger partial charge in [-0.15, -0.1) is 88.1 Å². The summed E-state index contributed by atoms with van der Waals surface area (Å²) in [6.45, 7) is 32.0. The zero-order valence-electron chi connectivity index (χ0n) is 54.2. The van der Waals surface area contributed by atoms with Crippen molar-refractivity contribution in [2.75, 3.05) is 5.43 Å². The van der Waals surface area contributed by atoms with Gasteiger partial charge in [0, 0.05) is 111 Å². The molecule has 92 heavy (non-hydrogen) atoms. The largest absolute Gasteiger partial charge is 3.00 e. The normalized spacial score (nSPS) is 6.75. The Labute approximate surface area is 647 Å². The second kappa shape index (κ2) is 114. The molecule has 0 bridgehead atoms. The second-order valence-corrected chi connectivity index (χ2v) is 13.1. The van der Waals surface area contributed by atoms with Crippen molar-refractivity contribution in [3.8, 4) is 21.8 Å². The smallest absolute Gasteiger partial charge is 0.588 e. The van der Waals surface area contributed by atoms with Crippen molar-refractivity contribution in [2.24, 2.45) is 0 Å². The van der Waals surface area contributed by atoms with Crippen LogP contribution in [0, 0.1) is 67.5 Å². The Hall–Kier alpha value is -4.07. The molecule has 0 amide bonds. The van der Waals surface area contributed by atoms with Gasteiger partial charge < -0.3 is 63.4 Å².